The molecule has 1 aliphatic rings. The summed E-state index contributed by atoms with van der Waals surface area (Å²) in [5, 5.41) is 3.19. The number of pyridine rings is 1. The number of ether oxygens (including phenoxy) is 1. The van der Waals surface area contributed by atoms with Crippen LogP contribution in [0.3, 0.4) is 0 Å². The molecule has 0 aliphatic carbocycles. The third kappa shape index (κ3) is 2.53. The van der Waals surface area contributed by atoms with E-state index in [2.05, 4.69) is 34.6 Å². The summed E-state index contributed by atoms with van der Waals surface area (Å²) in [6, 6.07) is 10.7. The highest BCUT2D eigenvalue weighted by molar-refractivity contribution is 5.64. The van der Waals surface area contributed by atoms with Gasteiger partial charge in [0, 0.05) is 18.9 Å². The van der Waals surface area contributed by atoms with Gasteiger partial charge >= 0.3 is 0 Å². The normalized spacial score (nSPS) is 18.1. The summed E-state index contributed by atoms with van der Waals surface area (Å²) >= 11 is 0. The van der Waals surface area contributed by atoms with Gasteiger partial charge in [0.25, 0.3) is 0 Å². The van der Waals surface area contributed by atoms with E-state index in [0.717, 1.165) is 19.6 Å². The summed E-state index contributed by atoms with van der Waals surface area (Å²) in [5.74, 6) is 0. The summed E-state index contributed by atoms with van der Waals surface area (Å²) in [7, 11) is 1.96. The van der Waals surface area contributed by atoms with Crippen molar-refractivity contribution < 1.29 is 4.74 Å². The average Bonchev–Trinajstić information content (AvgIpc) is 2.48. The zero-order valence-electron chi connectivity index (χ0n) is 11.1. The van der Waals surface area contributed by atoms with Crippen molar-refractivity contribution in [1.29, 1.82) is 0 Å². The van der Waals surface area contributed by atoms with Crippen LogP contribution in [0.1, 0.15) is 17.2 Å². The molecule has 3 heteroatoms. The Hall–Kier alpha value is -1.71. The summed E-state index contributed by atoms with van der Waals surface area (Å²) in [6.45, 7) is 1.66. The second-order valence-electron chi connectivity index (χ2n) is 4.82. The number of rotatable bonds is 3. The molecule has 0 unspecified atom stereocenters. The number of aromatic nitrogens is 1. The first-order chi connectivity index (χ1) is 9.38. The molecular formula is C16H18N2O. The molecule has 98 valence electrons. The highest BCUT2D eigenvalue weighted by Crippen LogP contribution is 2.30. The number of benzene rings is 1. The van der Waals surface area contributed by atoms with Crippen LogP contribution >= 0.6 is 0 Å². The molecule has 0 saturated heterocycles. The number of fused-ring (bicyclic) bond motifs is 1. The van der Waals surface area contributed by atoms with E-state index in [4.69, 9.17) is 4.74 Å². The lowest BCUT2D eigenvalue weighted by molar-refractivity contribution is 0.0439. The van der Waals surface area contributed by atoms with Gasteiger partial charge in [-0.15, -0.1) is 0 Å². The quantitative estimate of drug-likeness (QED) is 0.914. The second kappa shape index (κ2) is 5.51. The molecule has 0 amide bonds. The summed E-state index contributed by atoms with van der Waals surface area (Å²) in [4.78, 5) is 4.18. The maximum absolute atomic E-state index is 5.82. The standard InChI is InChI=1S/C16H18N2O/c1-17-11-16-15-5-4-12(9-13(15)6-8-19-16)14-3-2-7-18-10-14/h2-5,7,9-10,16-17H,6,8,11H2,1H3/t16-/m0/s1. The fourth-order valence-corrected chi connectivity index (χ4v) is 2.60. The predicted molar refractivity (Wildman–Crippen MR) is 76.0 cm³/mol. The van der Waals surface area contributed by atoms with Gasteiger partial charge in [-0.3, -0.25) is 4.98 Å². The number of nitrogens with one attached hydrogen (secondary N) is 1. The van der Waals surface area contributed by atoms with Crippen molar-refractivity contribution in [3.63, 3.8) is 0 Å². The number of likely N-dealkylation sites (N-methyl/N-ethyl adjacent to an activating group) is 1. The van der Waals surface area contributed by atoms with Crippen LogP contribution in [0.15, 0.2) is 42.7 Å². The first-order valence-corrected chi connectivity index (χ1v) is 6.68. The third-order valence-corrected chi connectivity index (χ3v) is 3.56. The topological polar surface area (TPSA) is 34.1 Å². The number of hydrogen-bond donors (Lipinski definition) is 1. The SMILES string of the molecule is CNC[C@@H]1OCCc2cc(-c3cccnc3)ccc21. The minimum absolute atomic E-state index is 0.177. The van der Waals surface area contributed by atoms with Crippen LogP contribution in [0.2, 0.25) is 0 Å². The lowest BCUT2D eigenvalue weighted by Gasteiger charge is -2.26. The molecule has 0 saturated carbocycles. The molecule has 1 atom stereocenters. The maximum atomic E-state index is 5.82. The van der Waals surface area contributed by atoms with E-state index in [-0.39, 0.29) is 6.10 Å². The Morgan fingerprint density at radius 3 is 3.05 bits per heavy atom. The van der Waals surface area contributed by atoms with E-state index in [1.165, 1.54) is 22.3 Å². The average molecular weight is 254 g/mol. The van der Waals surface area contributed by atoms with E-state index in [1.807, 2.05) is 19.3 Å². The van der Waals surface area contributed by atoms with Gasteiger partial charge in [-0.2, -0.15) is 0 Å². The van der Waals surface area contributed by atoms with Crippen molar-refractivity contribution in [1.82, 2.24) is 10.3 Å². The summed E-state index contributed by atoms with van der Waals surface area (Å²) in [5.41, 5.74) is 5.11. The molecule has 3 nitrogen and oxygen atoms in total. The van der Waals surface area contributed by atoms with Gasteiger partial charge in [-0.1, -0.05) is 24.3 Å². The fourth-order valence-electron chi connectivity index (χ4n) is 2.60. The minimum Gasteiger partial charge on any atom is -0.372 e. The first kappa shape index (κ1) is 12.3. The number of nitrogens with zero attached hydrogens (tertiary/aromatic N) is 1. The number of hydrogen-bond acceptors (Lipinski definition) is 3. The van der Waals surface area contributed by atoms with Gasteiger partial charge in [0.1, 0.15) is 0 Å². The molecule has 2 heterocycles. The van der Waals surface area contributed by atoms with E-state index in [9.17, 15) is 0 Å². The minimum atomic E-state index is 0.177. The van der Waals surface area contributed by atoms with E-state index >= 15 is 0 Å². The molecule has 1 aromatic heterocycles. The Bertz CT molecular complexity index is 554. The van der Waals surface area contributed by atoms with Crippen LogP contribution in [-0.4, -0.2) is 25.2 Å². The predicted octanol–water partition coefficient (Wildman–Crippen LogP) is 2.58. The molecule has 1 N–H and O–H groups in total. The van der Waals surface area contributed by atoms with Crippen LogP contribution in [0.5, 0.6) is 0 Å². The molecule has 0 bridgehead atoms. The fraction of sp³-hybridized carbons (Fsp3) is 0.312. The Kier molecular flexibility index (Phi) is 3.58. The molecule has 0 radical (unpaired) electrons. The Morgan fingerprint density at radius 2 is 2.26 bits per heavy atom. The lowest BCUT2D eigenvalue weighted by atomic mass is 9.93. The smallest absolute Gasteiger partial charge is 0.0951 e. The van der Waals surface area contributed by atoms with Crippen LogP contribution in [0.4, 0.5) is 0 Å². The Morgan fingerprint density at radius 1 is 1.32 bits per heavy atom. The van der Waals surface area contributed by atoms with Gasteiger partial charge < -0.3 is 10.1 Å². The van der Waals surface area contributed by atoms with Crippen molar-refractivity contribution in [3.05, 3.63) is 53.9 Å². The van der Waals surface area contributed by atoms with Crippen molar-refractivity contribution in [2.75, 3.05) is 20.2 Å². The first-order valence-electron chi connectivity index (χ1n) is 6.68. The zero-order valence-corrected chi connectivity index (χ0v) is 11.1. The Balaban J connectivity index is 1.96. The third-order valence-electron chi connectivity index (χ3n) is 3.56. The molecule has 0 spiro atoms. The van der Waals surface area contributed by atoms with E-state index < -0.39 is 0 Å². The van der Waals surface area contributed by atoms with Gasteiger partial charge in [0.2, 0.25) is 0 Å². The second-order valence-corrected chi connectivity index (χ2v) is 4.82. The molecular weight excluding hydrogens is 236 g/mol. The summed E-state index contributed by atoms with van der Waals surface area (Å²) in [6.07, 6.45) is 4.88. The van der Waals surface area contributed by atoms with Crippen molar-refractivity contribution in [2.24, 2.45) is 0 Å². The highest BCUT2D eigenvalue weighted by Gasteiger charge is 2.20. The van der Waals surface area contributed by atoms with Crippen molar-refractivity contribution in [2.45, 2.75) is 12.5 Å². The van der Waals surface area contributed by atoms with Crippen LogP contribution < -0.4 is 5.32 Å². The maximum Gasteiger partial charge on any atom is 0.0951 e. The molecule has 19 heavy (non-hydrogen) atoms. The van der Waals surface area contributed by atoms with Gasteiger partial charge in [0.05, 0.1) is 12.7 Å². The summed E-state index contributed by atoms with van der Waals surface area (Å²) < 4.78 is 5.82. The van der Waals surface area contributed by atoms with Gasteiger partial charge in [0.15, 0.2) is 0 Å². The molecule has 1 aromatic carbocycles. The zero-order chi connectivity index (χ0) is 13.1. The van der Waals surface area contributed by atoms with E-state index in [0.29, 0.717) is 0 Å². The largest absolute Gasteiger partial charge is 0.372 e. The van der Waals surface area contributed by atoms with Gasteiger partial charge in [-0.05, 0) is 41.8 Å². The van der Waals surface area contributed by atoms with Crippen molar-refractivity contribution >= 4 is 0 Å². The molecule has 3 rings (SSSR count). The van der Waals surface area contributed by atoms with Crippen LogP contribution in [0.25, 0.3) is 11.1 Å². The monoisotopic (exact) mass is 254 g/mol. The van der Waals surface area contributed by atoms with Crippen LogP contribution in [-0.2, 0) is 11.2 Å². The van der Waals surface area contributed by atoms with E-state index in [1.54, 1.807) is 6.20 Å². The van der Waals surface area contributed by atoms with Gasteiger partial charge in [-0.25, -0.2) is 0 Å². The molecule has 0 fully saturated rings. The lowest BCUT2D eigenvalue weighted by Crippen LogP contribution is -2.25. The highest BCUT2D eigenvalue weighted by atomic mass is 16.5. The molecule has 1 aliphatic heterocycles. The van der Waals surface area contributed by atoms with Crippen molar-refractivity contribution in [3.8, 4) is 11.1 Å². The van der Waals surface area contributed by atoms with Crippen LogP contribution in [0, 0.1) is 0 Å². The Labute approximate surface area is 113 Å². The molecule has 2 aromatic rings.